The Morgan fingerprint density at radius 3 is 2.44 bits per heavy atom. The standard InChI is InChI=1S/C9H13N3O5.ClH/c13-2-4-6(14)7(15)5(11-4)3-1-10-9(17)12-8(3)16;/h1,4-7,11,13-15H,2H2,(H2,10,12,16,17);1H/t4-,5-,6-,7+;/m1./s1. The Bertz CT molecular complexity index is 515. The molecule has 102 valence electrons. The van der Waals surface area contributed by atoms with E-state index >= 15 is 0 Å². The molecule has 0 spiro atoms. The zero-order valence-electron chi connectivity index (χ0n) is 9.21. The molecule has 2 rings (SSSR count). The van der Waals surface area contributed by atoms with E-state index in [1.807, 2.05) is 4.98 Å². The van der Waals surface area contributed by atoms with E-state index in [9.17, 15) is 19.8 Å². The summed E-state index contributed by atoms with van der Waals surface area (Å²) in [6.07, 6.45) is -1.08. The van der Waals surface area contributed by atoms with Crippen molar-refractivity contribution in [3.8, 4) is 0 Å². The summed E-state index contributed by atoms with van der Waals surface area (Å²) in [7, 11) is 0. The lowest BCUT2D eigenvalue weighted by Gasteiger charge is -2.10. The van der Waals surface area contributed by atoms with Gasteiger partial charge in [-0.3, -0.25) is 9.78 Å². The summed E-state index contributed by atoms with van der Waals surface area (Å²) in [6, 6.07) is -1.29. The highest BCUT2D eigenvalue weighted by atomic mass is 35.5. The summed E-state index contributed by atoms with van der Waals surface area (Å²) < 4.78 is 0. The number of aromatic amines is 2. The summed E-state index contributed by atoms with van der Waals surface area (Å²) >= 11 is 0. The Balaban J connectivity index is 0.00000162. The van der Waals surface area contributed by atoms with Crippen LogP contribution in [0.25, 0.3) is 0 Å². The van der Waals surface area contributed by atoms with Crippen LogP contribution in [-0.2, 0) is 0 Å². The molecule has 9 heteroatoms. The Morgan fingerprint density at radius 1 is 1.28 bits per heavy atom. The van der Waals surface area contributed by atoms with Gasteiger partial charge in [-0.25, -0.2) is 4.79 Å². The minimum Gasteiger partial charge on any atom is -1.00 e. The summed E-state index contributed by atoms with van der Waals surface area (Å²) in [4.78, 5) is 26.7. The SMILES string of the molecule is O=c1[nH]cc([C@H]2[NH2+][C@H](CO)[C@@H](O)[C@H]2O)c(=O)[nH]1.[Cl-]. The van der Waals surface area contributed by atoms with Gasteiger partial charge >= 0.3 is 5.69 Å². The van der Waals surface area contributed by atoms with Crippen molar-refractivity contribution < 1.29 is 33.0 Å². The van der Waals surface area contributed by atoms with E-state index in [0.717, 1.165) is 0 Å². The average molecular weight is 280 g/mol. The highest BCUT2D eigenvalue weighted by Crippen LogP contribution is 2.17. The van der Waals surface area contributed by atoms with Crippen LogP contribution in [0.2, 0.25) is 0 Å². The van der Waals surface area contributed by atoms with Gasteiger partial charge in [0.1, 0.15) is 24.3 Å². The quantitative estimate of drug-likeness (QED) is 0.319. The van der Waals surface area contributed by atoms with Gasteiger partial charge in [0.05, 0.1) is 12.2 Å². The van der Waals surface area contributed by atoms with E-state index in [2.05, 4.69) is 4.98 Å². The molecule has 0 saturated carbocycles. The molecule has 0 bridgehead atoms. The van der Waals surface area contributed by atoms with Crippen molar-refractivity contribution in [2.75, 3.05) is 6.61 Å². The zero-order valence-corrected chi connectivity index (χ0v) is 9.96. The van der Waals surface area contributed by atoms with Crippen LogP contribution in [0.3, 0.4) is 0 Å². The van der Waals surface area contributed by atoms with Crippen LogP contribution in [0.5, 0.6) is 0 Å². The first kappa shape index (κ1) is 14.9. The van der Waals surface area contributed by atoms with Gasteiger partial charge in [0.15, 0.2) is 0 Å². The van der Waals surface area contributed by atoms with Crippen LogP contribution < -0.4 is 29.0 Å². The van der Waals surface area contributed by atoms with Crippen LogP contribution in [-0.4, -0.2) is 50.1 Å². The highest BCUT2D eigenvalue weighted by Gasteiger charge is 2.46. The van der Waals surface area contributed by atoms with E-state index in [1.165, 1.54) is 11.5 Å². The number of nitrogens with two attached hydrogens (primary N) is 1. The largest absolute Gasteiger partial charge is 1.00 e. The van der Waals surface area contributed by atoms with Crippen molar-refractivity contribution in [3.05, 3.63) is 32.6 Å². The number of nitrogens with one attached hydrogen (secondary N) is 2. The van der Waals surface area contributed by atoms with Crippen LogP contribution in [0.1, 0.15) is 11.6 Å². The van der Waals surface area contributed by atoms with E-state index < -0.39 is 35.5 Å². The molecule has 1 saturated heterocycles. The lowest BCUT2D eigenvalue weighted by molar-refractivity contribution is -0.714. The minimum absolute atomic E-state index is 0. The molecule has 1 aromatic heterocycles. The lowest BCUT2D eigenvalue weighted by atomic mass is 10.0. The number of aliphatic hydroxyl groups excluding tert-OH is 3. The lowest BCUT2D eigenvalue weighted by Crippen LogP contribution is -3.00. The van der Waals surface area contributed by atoms with E-state index in [1.54, 1.807) is 0 Å². The number of hydrogen-bond acceptors (Lipinski definition) is 5. The zero-order chi connectivity index (χ0) is 12.6. The molecule has 0 aromatic carbocycles. The van der Waals surface area contributed by atoms with Crippen molar-refractivity contribution in [2.45, 2.75) is 24.3 Å². The van der Waals surface area contributed by atoms with E-state index in [-0.39, 0.29) is 24.6 Å². The van der Waals surface area contributed by atoms with Gasteiger partial charge in [-0.1, -0.05) is 0 Å². The molecular weight excluding hydrogens is 266 g/mol. The van der Waals surface area contributed by atoms with Gasteiger partial charge in [0.25, 0.3) is 5.56 Å². The molecule has 2 heterocycles. The maximum Gasteiger partial charge on any atom is 0.325 e. The maximum absolute atomic E-state index is 11.5. The normalized spacial score (nSPS) is 31.1. The van der Waals surface area contributed by atoms with Crippen molar-refractivity contribution in [1.29, 1.82) is 0 Å². The van der Waals surface area contributed by atoms with Crippen molar-refractivity contribution in [2.24, 2.45) is 0 Å². The first-order valence-electron chi connectivity index (χ1n) is 5.18. The highest BCUT2D eigenvalue weighted by molar-refractivity contribution is 5.11. The average Bonchev–Trinajstić information content (AvgIpc) is 2.57. The second-order valence-electron chi connectivity index (χ2n) is 4.07. The third-order valence-corrected chi connectivity index (χ3v) is 3.03. The fraction of sp³-hybridized carbons (Fsp3) is 0.556. The van der Waals surface area contributed by atoms with Crippen LogP contribution in [0, 0.1) is 0 Å². The van der Waals surface area contributed by atoms with Gasteiger partial charge in [-0.2, -0.15) is 0 Å². The van der Waals surface area contributed by atoms with Crippen LogP contribution in [0.4, 0.5) is 0 Å². The first-order chi connectivity index (χ1) is 8.04. The molecule has 1 aliphatic rings. The number of halogens is 1. The molecule has 0 unspecified atom stereocenters. The number of H-pyrrole nitrogens is 2. The Kier molecular flexibility index (Phi) is 4.65. The van der Waals surface area contributed by atoms with Gasteiger partial charge < -0.3 is 38.0 Å². The predicted molar refractivity (Wildman–Crippen MR) is 55.2 cm³/mol. The fourth-order valence-electron chi connectivity index (χ4n) is 2.08. The number of rotatable bonds is 2. The summed E-state index contributed by atoms with van der Waals surface area (Å²) in [5, 5.41) is 29.9. The van der Waals surface area contributed by atoms with Crippen molar-refractivity contribution in [3.63, 3.8) is 0 Å². The summed E-state index contributed by atoms with van der Waals surface area (Å²) in [5.74, 6) is 0. The van der Waals surface area contributed by atoms with E-state index in [0.29, 0.717) is 0 Å². The fourth-order valence-corrected chi connectivity index (χ4v) is 2.08. The molecule has 1 aromatic rings. The number of aliphatic hydroxyl groups is 3. The van der Waals surface area contributed by atoms with Gasteiger partial charge in [-0.15, -0.1) is 0 Å². The monoisotopic (exact) mass is 279 g/mol. The predicted octanol–water partition coefficient (Wildman–Crippen LogP) is -7.23. The molecule has 0 amide bonds. The second kappa shape index (κ2) is 5.63. The third-order valence-electron chi connectivity index (χ3n) is 3.03. The molecule has 0 radical (unpaired) electrons. The number of hydrogen-bond donors (Lipinski definition) is 6. The molecule has 1 aliphatic heterocycles. The molecule has 8 nitrogen and oxygen atoms in total. The summed E-state index contributed by atoms with van der Waals surface area (Å²) in [5.41, 5.74) is -1.09. The van der Waals surface area contributed by atoms with Crippen molar-refractivity contribution >= 4 is 0 Å². The van der Waals surface area contributed by atoms with Crippen molar-refractivity contribution in [1.82, 2.24) is 9.97 Å². The second-order valence-corrected chi connectivity index (χ2v) is 4.07. The van der Waals surface area contributed by atoms with Crippen LogP contribution in [0.15, 0.2) is 15.8 Å². The molecule has 0 aliphatic carbocycles. The number of aromatic nitrogens is 2. The van der Waals surface area contributed by atoms with Gasteiger partial charge in [-0.05, 0) is 0 Å². The molecule has 18 heavy (non-hydrogen) atoms. The van der Waals surface area contributed by atoms with Crippen LogP contribution >= 0.6 is 0 Å². The Hall–Kier alpha value is -1.19. The third kappa shape index (κ3) is 2.47. The van der Waals surface area contributed by atoms with E-state index in [4.69, 9.17) is 5.11 Å². The topological polar surface area (TPSA) is 143 Å². The molecule has 4 atom stereocenters. The number of quaternary nitrogens is 1. The summed E-state index contributed by atoms with van der Waals surface area (Å²) in [6.45, 7) is -0.310. The molecular formula is C9H14ClN3O5. The van der Waals surface area contributed by atoms with Gasteiger partial charge in [0.2, 0.25) is 0 Å². The smallest absolute Gasteiger partial charge is 0.325 e. The Morgan fingerprint density at radius 2 is 1.94 bits per heavy atom. The Labute approximate surface area is 107 Å². The molecule has 7 N–H and O–H groups in total. The maximum atomic E-state index is 11.5. The first-order valence-corrected chi connectivity index (χ1v) is 5.18. The van der Waals surface area contributed by atoms with Gasteiger partial charge in [0, 0.05) is 6.20 Å². The minimum atomic E-state index is -1.17. The molecule has 1 fully saturated rings.